The summed E-state index contributed by atoms with van der Waals surface area (Å²) in [6, 6.07) is 0. The van der Waals surface area contributed by atoms with Crippen molar-refractivity contribution in [2.75, 3.05) is 0 Å². The van der Waals surface area contributed by atoms with Gasteiger partial charge in [0.15, 0.2) is 5.92 Å². The lowest BCUT2D eigenvalue weighted by Gasteiger charge is -2.21. The van der Waals surface area contributed by atoms with E-state index in [-0.39, 0.29) is 11.9 Å². The summed E-state index contributed by atoms with van der Waals surface area (Å²) in [6.07, 6.45) is 22.1. The van der Waals surface area contributed by atoms with E-state index in [4.69, 9.17) is 0 Å². The summed E-state index contributed by atoms with van der Waals surface area (Å²) in [5, 5.41) is 0. The summed E-state index contributed by atoms with van der Waals surface area (Å²) >= 11 is 0. The van der Waals surface area contributed by atoms with Crippen LogP contribution in [0.3, 0.4) is 0 Å². The normalized spacial score (nSPS) is 14.7. The van der Waals surface area contributed by atoms with Crippen molar-refractivity contribution in [2.45, 2.75) is 116 Å². The van der Waals surface area contributed by atoms with Crippen LogP contribution in [0.1, 0.15) is 116 Å². The van der Waals surface area contributed by atoms with E-state index in [0.717, 1.165) is 12.8 Å². The molecular formula is C21H38O3. The number of carbonyl (C=O) groups is 2. The Morgan fingerprint density at radius 3 is 1.25 bits per heavy atom. The van der Waals surface area contributed by atoms with Crippen LogP contribution in [0.4, 0.5) is 0 Å². The molecule has 1 aliphatic heterocycles. The van der Waals surface area contributed by atoms with E-state index < -0.39 is 5.92 Å². The van der Waals surface area contributed by atoms with E-state index in [9.17, 15) is 9.59 Å². The Balaban J connectivity index is 1.69. The monoisotopic (exact) mass is 338 g/mol. The van der Waals surface area contributed by atoms with Gasteiger partial charge in [0.1, 0.15) is 0 Å². The molecule has 1 saturated heterocycles. The molecule has 0 unspecified atom stereocenters. The largest absolute Gasteiger partial charge is 0.392 e. The van der Waals surface area contributed by atoms with Crippen molar-refractivity contribution in [2.24, 2.45) is 5.92 Å². The van der Waals surface area contributed by atoms with E-state index in [0.29, 0.717) is 6.42 Å². The van der Waals surface area contributed by atoms with E-state index in [1.54, 1.807) is 0 Å². The second kappa shape index (κ2) is 14.5. The van der Waals surface area contributed by atoms with Crippen LogP contribution in [-0.2, 0) is 14.3 Å². The molecule has 3 nitrogen and oxygen atoms in total. The highest BCUT2D eigenvalue weighted by Gasteiger charge is 2.40. The van der Waals surface area contributed by atoms with Crippen LogP contribution in [0.25, 0.3) is 0 Å². The summed E-state index contributed by atoms with van der Waals surface area (Å²) < 4.78 is 4.35. The van der Waals surface area contributed by atoms with Crippen molar-refractivity contribution in [1.82, 2.24) is 0 Å². The average molecular weight is 339 g/mol. The first-order chi connectivity index (χ1) is 11.8. The highest BCUT2D eigenvalue weighted by Crippen LogP contribution is 2.22. The Morgan fingerprint density at radius 2 is 0.917 bits per heavy atom. The van der Waals surface area contributed by atoms with Crippen LogP contribution in [0, 0.1) is 5.92 Å². The lowest BCUT2D eigenvalue weighted by molar-refractivity contribution is -0.184. The Labute approximate surface area is 148 Å². The zero-order valence-corrected chi connectivity index (χ0v) is 15.8. The number of esters is 2. The molecule has 0 saturated carbocycles. The summed E-state index contributed by atoms with van der Waals surface area (Å²) in [5.74, 6) is -1.07. The van der Waals surface area contributed by atoms with Crippen LogP contribution in [0.2, 0.25) is 0 Å². The molecular weight excluding hydrogens is 300 g/mol. The fourth-order valence-electron chi connectivity index (χ4n) is 3.41. The van der Waals surface area contributed by atoms with Crippen LogP contribution in [0.5, 0.6) is 0 Å². The maximum atomic E-state index is 11.0. The smallest absolute Gasteiger partial charge is 0.328 e. The average Bonchev–Trinajstić information content (AvgIpc) is 2.57. The Hall–Kier alpha value is -0.860. The van der Waals surface area contributed by atoms with Gasteiger partial charge in [-0.3, -0.25) is 9.59 Å². The fourth-order valence-corrected chi connectivity index (χ4v) is 3.41. The minimum atomic E-state index is -0.434. The van der Waals surface area contributed by atoms with Crippen molar-refractivity contribution in [3.05, 3.63) is 0 Å². The van der Waals surface area contributed by atoms with Gasteiger partial charge in [-0.25, -0.2) is 0 Å². The number of unbranched alkanes of at least 4 members (excludes halogenated alkanes) is 15. The Morgan fingerprint density at radius 1 is 0.583 bits per heavy atom. The third kappa shape index (κ3) is 10.1. The quantitative estimate of drug-likeness (QED) is 0.177. The zero-order valence-electron chi connectivity index (χ0n) is 15.8. The van der Waals surface area contributed by atoms with Gasteiger partial charge in [0.2, 0.25) is 0 Å². The first-order valence-corrected chi connectivity index (χ1v) is 10.5. The summed E-state index contributed by atoms with van der Waals surface area (Å²) in [4.78, 5) is 22.0. The standard InChI is InChI=1S/C21H38O3/c1-2-3-4-5-6-7-8-9-10-11-12-13-14-15-16-17-18-19-20(22)24-21(19)23/h19H,2-18H2,1H3. The topological polar surface area (TPSA) is 43.4 Å². The predicted molar refractivity (Wildman–Crippen MR) is 98.8 cm³/mol. The summed E-state index contributed by atoms with van der Waals surface area (Å²) in [6.45, 7) is 2.27. The molecule has 0 atom stereocenters. The maximum Gasteiger partial charge on any atom is 0.328 e. The third-order valence-corrected chi connectivity index (χ3v) is 5.12. The molecule has 0 N–H and O–H groups in total. The number of hydrogen-bond acceptors (Lipinski definition) is 3. The second-order valence-corrected chi connectivity index (χ2v) is 7.38. The van der Waals surface area contributed by atoms with Gasteiger partial charge in [-0.15, -0.1) is 0 Å². The highest BCUT2D eigenvalue weighted by atomic mass is 16.6. The molecule has 24 heavy (non-hydrogen) atoms. The molecule has 0 spiro atoms. The number of cyclic esters (lactones) is 2. The van der Waals surface area contributed by atoms with Crippen molar-refractivity contribution in [1.29, 1.82) is 0 Å². The minimum Gasteiger partial charge on any atom is -0.392 e. The van der Waals surface area contributed by atoms with Gasteiger partial charge >= 0.3 is 11.9 Å². The Kier molecular flexibility index (Phi) is 12.8. The second-order valence-electron chi connectivity index (χ2n) is 7.38. The van der Waals surface area contributed by atoms with Crippen molar-refractivity contribution < 1.29 is 14.3 Å². The fraction of sp³-hybridized carbons (Fsp3) is 0.905. The summed E-state index contributed by atoms with van der Waals surface area (Å²) in [7, 11) is 0. The van der Waals surface area contributed by atoms with Crippen LogP contribution in [-0.4, -0.2) is 11.9 Å². The minimum absolute atomic E-state index is 0.319. The van der Waals surface area contributed by atoms with Crippen LogP contribution >= 0.6 is 0 Å². The van der Waals surface area contributed by atoms with Gasteiger partial charge in [0.05, 0.1) is 0 Å². The lowest BCUT2D eigenvalue weighted by atomic mass is 9.97. The van der Waals surface area contributed by atoms with Crippen molar-refractivity contribution in [3.63, 3.8) is 0 Å². The van der Waals surface area contributed by atoms with Gasteiger partial charge in [-0.2, -0.15) is 0 Å². The maximum absolute atomic E-state index is 11.0. The van der Waals surface area contributed by atoms with Gasteiger partial charge in [-0.05, 0) is 6.42 Å². The molecule has 0 aromatic carbocycles. The van der Waals surface area contributed by atoms with E-state index in [2.05, 4.69) is 11.7 Å². The molecule has 1 aliphatic rings. The van der Waals surface area contributed by atoms with Gasteiger partial charge < -0.3 is 4.74 Å². The summed E-state index contributed by atoms with van der Waals surface area (Å²) in [5.41, 5.74) is 0. The van der Waals surface area contributed by atoms with Gasteiger partial charge in [0.25, 0.3) is 0 Å². The molecule has 0 aromatic heterocycles. The van der Waals surface area contributed by atoms with E-state index in [1.807, 2.05) is 0 Å². The molecule has 0 radical (unpaired) electrons. The molecule has 0 amide bonds. The molecule has 1 heterocycles. The first kappa shape index (κ1) is 21.2. The van der Waals surface area contributed by atoms with E-state index >= 15 is 0 Å². The number of ether oxygens (including phenoxy) is 1. The molecule has 1 fully saturated rings. The van der Waals surface area contributed by atoms with E-state index in [1.165, 1.54) is 89.9 Å². The highest BCUT2D eigenvalue weighted by molar-refractivity contribution is 6.09. The number of carbonyl (C=O) groups excluding carboxylic acids is 2. The van der Waals surface area contributed by atoms with Crippen molar-refractivity contribution >= 4 is 11.9 Å². The zero-order chi connectivity index (χ0) is 17.5. The molecule has 0 bridgehead atoms. The van der Waals surface area contributed by atoms with Gasteiger partial charge in [-0.1, -0.05) is 110 Å². The molecule has 140 valence electrons. The molecule has 0 aromatic rings. The lowest BCUT2D eigenvalue weighted by Crippen LogP contribution is -2.40. The Bertz CT molecular complexity index is 324. The van der Waals surface area contributed by atoms with Gasteiger partial charge in [0, 0.05) is 0 Å². The number of hydrogen-bond donors (Lipinski definition) is 0. The SMILES string of the molecule is CCCCCCCCCCCCCCCCCCC1C(=O)OC1=O. The third-order valence-electron chi connectivity index (χ3n) is 5.12. The molecule has 1 rings (SSSR count). The number of rotatable bonds is 17. The van der Waals surface area contributed by atoms with Crippen molar-refractivity contribution in [3.8, 4) is 0 Å². The first-order valence-electron chi connectivity index (χ1n) is 10.5. The van der Waals surface area contributed by atoms with Crippen LogP contribution < -0.4 is 0 Å². The van der Waals surface area contributed by atoms with Crippen LogP contribution in [0.15, 0.2) is 0 Å². The molecule has 3 heteroatoms. The predicted octanol–water partition coefficient (Wildman–Crippen LogP) is 6.34. The molecule has 0 aliphatic carbocycles.